The first kappa shape index (κ1) is 28.6. The number of amides is 3. The molecule has 9 nitrogen and oxygen atoms in total. The van der Waals surface area contributed by atoms with Crippen molar-refractivity contribution in [2.75, 3.05) is 19.0 Å². The monoisotopic (exact) mass is 599 g/mol. The average Bonchev–Trinajstić information content (AvgIpc) is 3.33. The zero-order valence-electron chi connectivity index (χ0n) is 22.2. The van der Waals surface area contributed by atoms with Crippen molar-refractivity contribution in [3.8, 4) is 11.3 Å². The molecule has 2 bridgehead atoms. The SMILES string of the molecule is COC(=O)Cc1ccc2c(c1)NC(=O)CC/C=C/C[C@H](N1CC[C@@H](c3cccc(Cl)c3F)NC1=O)c1nc-2c(Cl)[nH]1. The lowest BCUT2D eigenvalue weighted by molar-refractivity contribution is -0.139. The Balaban J connectivity index is 1.47. The highest BCUT2D eigenvalue weighted by Crippen LogP contribution is 2.37. The van der Waals surface area contributed by atoms with E-state index in [1.807, 2.05) is 12.2 Å². The van der Waals surface area contributed by atoms with Crippen LogP contribution < -0.4 is 10.6 Å². The minimum absolute atomic E-state index is 0.00276. The number of esters is 1. The van der Waals surface area contributed by atoms with Crippen LogP contribution in [0.1, 0.15) is 54.7 Å². The predicted molar refractivity (Wildman–Crippen MR) is 153 cm³/mol. The van der Waals surface area contributed by atoms with Gasteiger partial charge in [-0.25, -0.2) is 14.2 Å². The number of carbonyl (C=O) groups is 3. The van der Waals surface area contributed by atoms with Gasteiger partial charge in [-0.1, -0.05) is 59.6 Å². The number of hydrogen-bond acceptors (Lipinski definition) is 5. The summed E-state index contributed by atoms with van der Waals surface area (Å²) in [6.07, 6.45) is 5.42. The molecular formula is C29H28Cl2FN5O4. The molecule has 3 aromatic rings. The summed E-state index contributed by atoms with van der Waals surface area (Å²) in [7, 11) is 1.31. The first-order valence-corrected chi connectivity index (χ1v) is 13.9. The van der Waals surface area contributed by atoms with Gasteiger partial charge in [0.25, 0.3) is 0 Å². The number of ether oxygens (including phenoxy) is 1. The number of nitrogens with one attached hydrogen (secondary N) is 3. The minimum atomic E-state index is -0.544. The molecule has 3 heterocycles. The molecule has 3 amide bonds. The van der Waals surface area contributed by atoms with Crippen molar-refractivity contribution < 1.29 is 23.5 Å². The fourth-order valence-electron chi connectivity index (χ4n) is 5.11. The molecule has 2 atom stereocenters. The molecule has 3 N–H and O–H groups in total. The standard InChI is InChI=1S/C29H28Cl2FN5O4/c1-41-24(39)15-16-10-11-18-21(14-16)33-23(38)9-4-2-3-8-22(28-35-26(18)27(31)36-28)37-13-12-20(34-29(37)40)17-6-5-7-19(30)25(17)32/h2-3,5-7,10-11,14,20,22H,4,8-9,12-13,15H2,1H3,(H,33,38)(H,34,40)(H,35,36)/b3-2+/t20-,22-/m0/s1. The summed E-state index contributed by atoms with van der Waals surface area (Å²) in [6, 6.07) is 8.53. The number of rotatable bonds is 4. The molecule has 0 aliphatic carbocycles. The van der Waals surface area contributed by atoms with Crippen molar-refractivity contribution in [3.05, 3.63) is 81.5 Å². The number of hydrogen-bond donors (Lipinski definition) is 3. The van der Waals surface area contributed by atoms with Gasteiger partial charge in [-0.3, -0.25) is 9.59 Å². The number of carbonyl (C=O) groups excluding carboxylic acids is 3. The second kappa shape index (κ2) is 12.3. The number of halogens is 3. The number of imidazole rings is 1. The molecule has 2 aromatic carbocycles. The Kier molecular flexibility index (Phi) is 8.60. The summed E-state index contributed by atoms with van der Waals surface area (Å²) < 4.78 is 19.4. The van der Waals surface area contributed by atoms with E-state index in [1.54, 1.807) is 35.2 Å². The molecule has 1 aromatic heterocycles. The summed E-state index contributed by atoms with van der Waals surface area (Å²) in [4.78, 5) is 47.5. The van der Waals surface area contributed by atoms with Crippen LogP contribution in [0, 0.1) is 5.82 Å². The van der Waals surface area contributed by atoms with Gasteiger partial charge in [0.15, 0.2) is 0 Å². The number of aromatic nitrogens is 2. The molecule has 2 aliphatic rings. The summed E-state index contributed by atoms with van der Waals surface area (Å²) >= 11 is 12.6. The van der Waals surface area contributed by atoms with Crippen LogP contribution in [0.15, 0.2) is 48.6 Å². The second-order valence-corrected chi connectivity index (χ2v) is 10.6. The lowest BCUT2D eigenvalue weighted by Crippen LogP contribution is -2.49. The van der Waals surface area contributed by atoms with Crippen LogP contribution in [0.5, 0.6) is 0 Å². The van der Waals surface area contributed by atoms with Gasteiger partial charge >= 0.3 is 12.0 Å². The van der Waals surface area contributed by atoms with Crippen LogP contribution >= 0.6 is 23.2 Å². The Morgan fingerprint density at radius 2 is 2.02 bits per heavy atom. The third kappa shape index (κ3) is 6.23. The van der Waals surface area contributed by atoms with Gasteiger partial charge in [-0.2, -0.15) is 0 Å². The highest BCUT2D eigenvalue weighted by molar-refractivity contribution is 6.32. The maximum Gasteiger partial charge on any atom is 0.318 e. The summed E-state index contributed by atoms with van der Waals surface area (Å²) in [5, 5.41) is 6.06. The number of benzene rings is 2. The number of fused-ring (bicyclic) bond motifs is 4. The number of allylic oxidation sites excluding steroid dienone is 1. The minimum Gasteiger partial charge on any atom is -0.469 e. The molecule has 41 heavy (non-hydrogen) atoms. The molecule has 5 rings (SSSR count). The van der Waals surface area contributed by atoms with Crippen LogP contribution in [-0.4, -0.2) is 46.4 Å². The molecule has 0 radical (unpaired) electrons. The highest BCUT2D eigenvalue weighted by atomic mass is 35.5. The van der Waals surface area contributed by atoms with E-state index in [0.717, 1.165) is 0 Å². The Labute approximate surface area is 246 Å². The third-order valence-corrected chi connectivity index (χ3v) is 7.76. The van der Waals surface area contributed by atoms with Crippen molar-refractivity contribution >= 4 is 46.8 Å². The first-order chi connectivity index (χ1) is 19.7. The topological polar surface area (TPSA) is 116 Å². The quantitative estimate of drug-likeness (QED) is 0.247. The summed E-state index contributed by atoms with van der Waals surface area (Å²) in [5.74, 6) is -0.693. The van der Waals surface area contributed by atoms with Gasteiger partial charge in [0.2, 0.25) is 5.91 Å². The van der Waals surface area contributed by atoms with E-state index in [2.05, 4.69) is 15.6 Å². The van der Waals surface area contributed by atoms with E-state index >= 15 is 0 Å². The normalized spacial score (nSPS) is 20.0. The van der Waals surface area contributed by atoms with Crippen LogP contribution in [0.2, 0.25) is 10.2 Å². The maximum atomic E-state index is 14.7. The van der Waals surface area contributed by atoms with Gasteiger partial charge in [-0.15, -0.1) is 0 Å². The van der Waals surface area contributed by atoms with Gasteiger partial charge in [0, 0.05) is 24.1 Å². The lowest BCUT2D eigenvalue weighted by atomic mass is 10.00. The predicted octanol–water partition coefficient (Wildman–Crippen LogP) is 6.11. The van der Waals surface area contributed by atoms with E-state index in [0.29, 0.717) is 59.7 Å². The van der Waals surface area contributed by atoms with Crippen molar-refractivity contribution in [2.45, 2.75) is 44.2 Å². The fraction of sp³-hybridized carbons (Fsp3) is 0.310. The molecule has 1 saturated heterocycles. The average molecular weight is 600 g/mol. The third-order valence-electron chi connectivity index (χ3n) is 7.20. The number of methoxy groups -OCH3 is 1. The molecule has 2 aliphatic heterocycles. The number of H-pyrrole nitrogens is 1. The second-order valence-electron chi connectivity index (χ2n) is 9.85. The van der Waals surface area contributed by atoms with Crippen LogP contribution in [0.3, 0.4) is 0 Å². The summed E-state index contributed by atoms with van der Waals surface area (Å²) in [6.45, 7) is 0.335. The molecular weight excluding hydrogens is 572 g/mol. The molecule has 214 valence electrons. The van der Waals surface area contributed by atoms with Gasteiger partial charge < -0.3 is 25.3 Å². The number of urea groups is 1. The Bertz CT molecular complexity index is 1520. The van der Waals surface area contributed by atoms with Crippen LogP contribution in [0.25, 0.3) is 11.3 Å². The van der Waals surface area contributed by atoms with E-state index in [1.165, 1.54) is 13.2 Å². The smallest absolute Gasteiger partial charge is 0.318 e. The Morgan fingerprint density at radius 1 is 1.20 bits per heavy atom. The van der Waals surface area contributed by atoms with Gasteiger partial charge in [-0.05, 0) is 37.0 Å². The van der Waals surface area contributed by atoms with Crippen LogP contribution in [-0.2, 0) is 20.7 Å². The number of aromatic amines is 1. The van der Waals surface area contributed by atoms with Crippen molar-refractivity contribution in [1.29, 1.82) is 0 Å². The fourth-order valence-corrected chi connectivity index (χ4v) is 5.53. The number of nitrogens with zero attached hydrogens (tertiary/aromatic N) is 2. The van der Waals surface area contributed by atoms with E-state index in [-0.39, 0.29) is 35.0 Å². The Morgan fingerprint density at radius 3 is 2.80 bits per heavy atom. The summed E-state index contributed by atoms with van der Waals surface area (Å²) in [5.41, 5.74) is 2.40. The Hall–Kier alpha value is -3.89. The van der Waals surface area contributed by atoms with E-state index in [9.17, 15) is 18.8 Å². The van der Waals surface area contributed by atoms with Crippen molar-refractivity contribution in [3.63, 3.8) is 0 Å². The van der Waals surface area contributed by atoms with Crippen LogP contribution in [0.4, 0.5) is 14.9 Å². The molecule has 0 unspecified atom stereocenters. The molecule has 0 saturated carbocycles. The zero-order chi connectivity index (χ0) is 29.1. The van der Waals surface area contributed by atoms with E-state index < -0.39 is 23.9 Å². The van der Waals surface area contributed by atoms with Gasteiger partial charge in [0.05, 0.1) is 36.3 Å². The lowest BCUT2D eigenvalue weighted by Gasteiger charge is -2.37. The maximum absolute atomic E-state index is 14.7. The highest BCUT2D eigenvalue weighted by Gasteiger charge is 2.34. The molecule has 1 fully saturated rings. The first-order valence-electron chi connectivity index (χ1n) is 13.2. The van der Waals surface area contributed by atoms with Gasteiger partial charge in [0.1, 0.15) is 22.5 Å². The molecule has 0 spiro atoms. The largest absolute Gasteiger partial charge is 0.469 e. The van der Waals surface area contributed by atoms with Crippen molar-refractivity contribution in [1.82, 2.24) is 20.2 Å². The zero-order valence-corrected chi connectivity index (χ0v) is 23.7. The number of anilines is 1. The van der Waals surface area contributed by atoms with E-state index in [4.69, 9.17) is 32.9 Å². The van der Waals surface area contributed by atoms with Crippen molar-refractivity contribution in [2.24, 2.45) is 0 Å². The molecule has 12 heteroatoms.